The fraction of sp³-hybridized carbons (Fsp3) is 0.468. The first-order valence-electron chi connectivity index (χ1n) is 37.6. The van der Waals surface area contributed by atoms with E-state index >= 15 is 0 Å². The predicted octanol–water partition coefficient (Wildman–Crippen LogP) is 22.2. The molecule has 2 heterocycles. The van der Waals surface area contributed by atoms with Crippen LogP contribution < -0.4 is 23.6 Å². The van der Waals surface area contributed by atoms with Gasteiger partial charge in [0.15, 0.2) is 0 Å². The number of nitrogens with zero attached hydrogens (tertiary/aromatic N) is 5. The molecule has 548 valence electrons. The van der Waals surface area contributed by atoms with Gasteiger partial charge >= 0.3 is 11.9 Å². The molecule has 2 aliphatic rings. The molecule has 10 rings (SSSR count). The van der Waals surface area contributed by atoms with Crippen molar-refractivity contribution in [2.45, 2.75) is 260 Å². The smallest absolute Gasteiger partial charge is 0.375 e. The Kier molecular flexibility index (Phi) is 21.7. The first kappa shape index (κ1) is 77.2. The number of guanidine groups is 2. The third-order valence-electron chi connectivity index (χ3n) is 21.3. The number of methoxy groups -OCH3 is 4. The Morgan fingerprint density at radius 3 is 0.573 bits per heavy atom. The first-order valence-corrected chi connectivity index (χ1v) is 37.6. The standard InChI is InChI=1S/C94H124N5O4/c1-87(2,3)69-49-65(81(100-25)73(53-69)91(13,14)15)57-96-77(61-41-33-29-34-42-61)78(62-43-35-30-36-44-62)97(58-66-50-70(88(4,5)6)54-74(82(66)101-26)92(16,17)18)85(96)95-86-98(59-67-51-71(89(7,8)9)55-75(83(67)102-27)93(19,20)21)79(63-45-37-31-38-46-63)80(64-47-39-32-40-48-64)99(86)60-68-52-72(90(10,11)12)56-76(84(68)103-28)94(22,23)24/h29-56,77-80H,57-60H2,1-28H3/q+1/t77-,78-,79-,80-/m0/s1. The maximum Gasteiger partial charge on any atom is 0.375 e. The lowest BCUT2D eigenvalue weighted by Crippen LogP contribution is -2.42. The van der Waals surface area contributed by atoms with Crippen LogP contribution in [0.3, 0.4) is 0 Å². The second-order valence-corrected chi connectivity index (χ2v) is 37.5. The van der Waals surface area contributed by atoms with Crippen LogP contribution in [0.2, 0.25) is 0 Å². The van der Waals surface area contributed by atoms with Crippen molar-refractivity contribution in [3.8, 4) is 23.0 Å². The molecule has 4 atom stereocenters. The molecular weight excluding hydrogens is 1260 g/mol. The zero-order valence-electron chi connectivity index (χ0n) is 68.2. The normalized spacial score (nSPS) is 17.3. The molecule has 0 radical (unpaired) electrons. The molecule has 103 heavy (non-hydrogen) atoms. The minimum atomic E-state index is -0.308. The van der Waals surface area contributed by atoms with E-state index in [9.17, 15) is 0 Å². The molecule has 0 spiro atoms. The van der Waals surface area contributed by atoms with Crippen molar-refractivity contribution in [1.29, 1.82) is 0 Å². The molecular formula is C94H124N5O4+. The molecule has 2 saturated heterocycles. The predicted molar refractivity (Wildman–Crippen MR) is 433 cm³/mol. The SMILES string of the molecule is COc1c(CN2C(=[N+]=C3N(Cc4cc(C(C)(C)C)cc(C(C)(C)C)c4OC)[C@@H](c4ccccc4)[C@H](c4ccccc4)N3Cc3cc(C(C)(C)C)cc(C(C)(C)C)c3OC)N(Cc3cc(C(C)(C)C)cc(C(C)(C)C)c3OC)[C@@H](c3ccccc3)[C@@H]2c2ccccc2)cc(C(C)(C)C)cc1C(C)(C)C. The van der Waals surface area contributed by atoms with E-state index in [1.165, 1.54) is 66.8 Å². The number of hydrogen-bond acceptors (Lipinski definition) is 4. The van der Waals surface area contributed by atoms with Crippen LogP contribution in [0.5, 0.6) is 23.0 Å². The van der Waals surface area contributed by atoms with Crippen molar-refractivity contribution < 1.29 is 18.9 Å². The molecule has 8 aromatic rings. The van der Waals surface area contributed by atoms with Crippen LogP contribution >= 0.6 is 0 Å². The van der Waals surface area contributed by atoms with E-state index < -0.39 is 0 Å². The Balaban J connectivity index is 1.50. The average molecular weight is 1390 g/mol. The zero-order chi connectivity index (χ0) is 75.5. The highest BCUT2D eigenvalue weighted by atomic mass is 16.5. The van der Waals surface area contributed by atoms with Gasteiger partial charge in [0, 0.05) is 44.5 Å². The summed E-state index contributed by atoms with van der Waals surface area (Å²) in [5.41, 5.74) is 16.9. The van der Waals surface area contributed by atoms with E-state index in [1.54, 1.807) is 0 Å². The summed E-state index contributed by atoms with van der Waals surface area (Å²) in [4.78, 5) is 10.6. The fourth-order valence-corrected chi connectivity index (χ4v) is 15.5. The monoisotopic (exact) mass is 1390 g/mol. The minimum Gasteiger partial charge on any atom is -0.496 e. The lowest BCUT2D eigenvalue weighted by atomic mass is 9.78. The van der Waals surface area contributed by atoms with Crippen LogP contribution in [-0.2, 0) is 69.5 Å². The van der Waals surface area contributed by atoms with Crippen LogP contribution in [0.25, 0.3) is 0 Å². The van der Waals surface area contributed by atoms with E-state index in [2.05, 4.69) is 356 Å². The lowest BCUT2D eigenvalue weighted by Gasteiger charge is -2.31. The highest BCUT2D eigenvalue weighted by Crippen LogP contribution is 2.53. The second kappa shape index (κ2) is 28.9. The van der Waals surface area contributed by atoms with Gasteiger partial charge in [0.25, 0.3) is 0 Å². The molecule has 9 heteroatoms. The quantitative estimate of drug-likeness (QED) is 0.0887. The molecule has 0 aromatic heterocycles. The van der Waals surface area contributed by atoms with Crippen molar-refractivity contribution in [1.82, 2.24) is 24.3 Å². The van der Waals surface area contributed by atoms with Crippen LogP contribution in [0.4, 0.5) is 0 Å². The van der Waals surface area contributed by atoms with Gasteiger partial charge in [-0.15, -0.1) is 0 Å². The van der Waals surface area contributed by atoms with Gasteiger partial charge in [-0.25, -0.2) is 4.67 Å². The molecule has 0 amide bonds. The van der Waals surface area contributed by atoms with Crippen LogP contribution in [-0.4, -0.2) is 60.0 Å². The van der Waals surface area contributed by atoms with Crippen molar-refractivity contribution in [3.05, 3.63) is 259 Å². The fourth-order valence-electron chi connectivity index (χ4n) is 15.5. The summed E-state index contributed by atoms with van der Waals surface area (Å²) >= 11 is 0. The Hall–Kier alpha value is -8.39. The van der Waals surface area contributed by atoms with E-state index in [1.807, 2.05) is 28.4 Å². The first-order chi connectivity index (χ1) is 48.0. The third kappa shape index (κ3) is 16.3. The lowest BCUT2D eigenvalue weighted by molar-refractivity contribution is 0.258. The highest BCUT2D eigenvalue weighted by Gasteiger charge is 2.56. The Bertz CT molecular complexity index is 3810. The maximum absolute atomic E-state index is 6.87. The highest BCUT2D eigenvalue weighted by molar-refractivity contribution is 5.92. The Labute approximate surface area is 621 Å². The molecule has 2 aliphatic heterocycles. The summed E-state index contributed by atoms with van der Waals surface area (Å²) in [5, 5.41) is 0. The van der Waals surface area contributed by atoms with Gasteiger partial charge < -0.3 is 18.9 Å². The van der Waals surface area contributed by atoms with E-state index in [0.717, 1.165) is 57.2 Å². The van der Waals surface area contributed by atoms with Gasteiger partial charge in [0.05, 0.1) is 54.6 Å². The Morgan fingerprint density at radius 1 is 0.252 bits per heavy atom. The molecule has 0 N–H and O–H groups in total. The van der Waals surface area contributed by atoms with Crippen molar-refractivity contribution in [2.24, 2.45) is 0 Å². The third-order valence-corrected chi connectivity index (χ3v) is 21.3. The van der Waals surface area contributed by atoms with Gasteiger partial charge in [-0.2, -0.15) is 0 Å². The van der Waals surface area contributed by atoms with Gasteiger partial charge in [-0.3, -0.25) is 19.6 Å². The zero-order valence-corrected chi connectivity index (χ0v) is 68.2. The van der Waals surface area contributed by atoms with Gasteiger partial charge in [-0.05, 0) is 112 Å². The molecule has 0 aliphatic carbocycles. The summed E-state index contributed by atoms with van der Waals surface area (Å²) in [6.45, 7) is 57.5. The second-order valence-electron chi connectivity index (χ2n) is 37.5. The molecule has 2 fully saturated rings. The van der Waals surface area contributed by atoms with Crippen LogP contribution in [0.1, 0.15) is 279 Å². The average Bonchev–Trinajstić information content (AvgIpc) is 1.58. The van der Waals surface area contributed by atoms with Crippen LogP contribution in [0.15, 0.2) is 170 Å². The number of ether oxygens (including phenoxy) is 4. The Morgan fingerprint density at radius 2 is 0.427 bits per heavy atom. The molecule has 9 nitrogen and oxygen atoms in total. The van der Waals surface area contributed by atoms with Crippen molar-refractivity contribution in [3.63, 3.8) is 0 Å². The molecule has 0 saturated carbocycles. The largest absolute Gasteiger partial charge is 0.496 e. The summed E-state index contributed by atoms with van der Waals surface area (Å²) in [7, 11) is 7.44. The number of benzene rings is 8. The summed E-state index contributed by atoms with van der Waals surface area (Å²) < 4.78 is 34.3. The number of hydrogen-bond donors (Lipinski definition) is 0. The molecule has 0 unspecified atom stereocenters. The number of rotatable bonds is 16. The van der Waals surface area contributed by atoms with Crippen LogP contribution in [0, 0.1) is 0 Å². The van der Waals surface area contributed by atoms with Gasteiger partial charge in [0.1, 0.15) is 47.2 Å². The molecule has 8 aromatic carbocycles. The van der Waals surface area contributed by atoms with E-state index in [0.29, 0.717) is 26.2 Å². The summed E-state index contributed by atoms with van der Waals surface area (Å²) in [5.74, 6) is 5.21. The minimum absolute atomic E-state index is 0.199. The summed E-state index contributed by atoms with van der Waals surface area (Å²) in [6.07, 6.45) is 0. The van der Waals surface area contributed by atoms with Crippen molar-refractivity contribution in [2.75, 3.05) is 28.4 Å². The topological polar surface area (TPSA) is 64.0 Å². The van der Waals surface area contributed by atoms with Crippen molar-refractivity contribution >= 4 is 11.9 Å². The van der Waals surface area contributed by atoms with Gasteiger partial charge in [-0.1, -0.05) is 312 Å². The maximum atomic E-state index is 6.87. The van der Waals surface area contributed by atoms with Gasteiger partial charge in [0.2, 0.25) is 0 Å². The van der Waals surface area contributed by atoms with E-state index in [-0.39, 0.29) is 67.5 Å². The van der Waals surface area contributed by atoms with E-state index in [4.69, 9.17) is 23.6 Å². The summed E-state index contributed by atoms with van der Waals surface area (Å²) in [6, 6.07) is 63.0. The molecule has 0 bridgehead atoms.